The molecular formula is C22H23N5O5S. The summed E-state index contributed by atoms with van der Waals surface area (Å²) >= 11 is 1.38. The van der Waals surface area contributed by atoms with Crippen molar-refractivity contribution in [2.75, 3.05) is 11.9 Å². The summed E-state index contributed by atoms with van der Waals surface area (Å²) in [6.07, 6.45) is 4.85. The fourth-order valence-electron chi connectivity index (χ4n) is 3.55. The molecule has 0 unspecified atom stereocenters. The van der Waals surface area contributed by atoms with Gasteiger partial charge in [0.05, 0.1) is 22.9 Å². The number of esters is 2. The van der Waals surface area contributed by atoms with E-state index in [9.17, 15) is 14.4 Å². The van der Waals surface area contributed by atoms with Crippen LogP contribution in [0.15, 0.2) is 30.6 Å². The van der Waals surface area contributed by atoms with Crippen LogP contribution < -0.4 is 5.32 Å². The number of anilines is 1. The molecule has 0 bridgehead atoms. The van der Waals surface area contributed by atoms with E-state index in [4.69, 9.17) is 9.47 Å². The number of benzene rings is 1. The van der Waals surface area contributed by atoms with Gasteiger partial charge in [0.1, 0.15) is 11.3 Å². The molecule has 3 aromatic rings. The van der Waals surface area contributed by atoms with Crippen molar-refractivity contribution in [1.29, 1.82) is 0 Å². The number of hydrogen-bond acceptors (Lipinski definition) is 9. The van der Waals surface area contributed by atoms with Crippen molar-refractivity contribution in [2.45, 2.75) is 45.6 Å². The topological polar surface area (TPSA) is 125 Å². The van der Waals surface area contributed by atoms with Gasteiger partial charge in [0.15, 0.2) is 6.61 Å². The zero-order valence-electron chi connectivity index (χ0n) is 18.2. The molecule has 4 rings (SSSR count). The van der Waals surface area contributed by atoms with E-state index in [0.717, 1.165) is 36.1 Å². The Kier molecular flexibility index (Phi) is 6.78. The summed E-state index contributed by atoms with van der Waals surface area (Å²) < 4.78 is 12.0. The van der Waals surface area contributed by atoms with Crippen molar-refractivity contribution < 1.29 is 23.9 Å². The zero-order valence-corrected chi connectivity index (χ0v) is 19.1. The third-order valence-electron chi connectivity index (χ3n) is 5.02. The predicted molar refractivity (Wildman–Crippen MR) is 120 cm³/mol. The third kappa shape index (κ3) is 5.25. The highest BCUT2D eigenvalue weighted by Crippen LogP contribution is 2.38. The maximum Gasteiger partial charge on any atom is 0.341 e. The predicted octanol–water partition coefficient (Wildman–Crippen LogP) is 2.96. The van der Waals surface area contributed by atoms with E-state index in [1.54, 1.807) is 38.1 Å². The number of carbonyl (C=O) groups is 3. The van der Waals surface area contributed by atoms with Gasteiger partial charge >= 0.3 is 11.9 Å². The first kappa shape index (κ1) is 22.6. The summed E-state index contributed by atoms with van der Waals surface area (Å²) in [6, 6.07) is 6.45. The summed E-state index contributed by atoms with van der Waals surface area (Å²) in [5, 5.41) is 14.1. The second kappa shape index (κ2) is 9.90. The van der Waals surface area contributed by atoms with Crippen molar-refractivity contribution in [3.8, 4) is 5.69 Å². The lowest BCUT2D eigenvalue weighted by Gasteiger charge is -2.14. The Labute approximate surface area is 193 Å². The summed E-state index contributed by atoms with van der Waals surface area (Å²) in [5.41, 5.74) is 2.33. The molecule has 1 aliphatic carbocycles. The number of amides is 1. The third-order valence-corrected chi connectivity index (χ3v) is 6.23. The molecule has 0 spiro atoms. The molecule has 33 heavy (non-hydrogen) atoms. The van der Waals surface area contributed by atoms with Gasteiger partial charge in [0.2, 0.25) is 0 Å². The van der Waals surface area contributed by atoms with Gasteiger partial charge in [-0.25, -0.2) is 14.3 Å². The summed E-state index contributed by atoms with van der Waals surface area (Å²) in [6.45, 7) is 3.09. The summed E-state index contributed by atoms with van der Waals surface area (Å²) in [4.78, 5) is 38.6. The molecule has 1 amide bonds. The Morgan fingerprint density at radius 2 is 1.88 bits per heavy atom. The molecule has 0 radical (unpaired) electrons. The molecule has 0 saturated carbocycles. The van der Waals surface area contributed by atoms with Crippen LogP contribution in [0.25, 0.3) is 5.69 Å². The van der Waals surface area contributed by atoms with Crippen LogP contribution in [0, 0.1) is 0 Å². The minimum atomic E-state index is -0.640. The molecule has 172 valence electrons. The molecule has 1 N–H and O–H groups in total. The first-order valence-electron chi connectivity index (χ1n) is 10.6. The summed E-state index contributed by atoms with van der Waals surface area (Å²) in [5.74, 6) is -1.61. The van der Waals surface area contributed by atoms with E-state index >= 15 is 0 Å². The van der Waals surface area contributed by atoms with Gasteiger partial charge in [-0.1, -0.05) is 0 Å². The Balaban J connectivity index is 1.40. The van der Waals surface area contributed by atoms with Gasteiger partial charge in [0.25, 0.3) is 5.91 Å². The van der Waals surface area contributed by atoms with E-state index in [2.05, 4.69) is 20.8 Å². The SMILES string of the molecule is CC(C)OC(=O)c1c(NC(=O)COC(=O)c2ccc(-n3cnnn3)cc2)sc2c1CCCC2. The van der Waals surface area contributed by atoms with Gasteiger partial charge in [0, 0.05) is 4.88 Å². The van der Waals surface area contributed by atoms with Gasteiger partial charge < -0.3 is 14.8 Å². The number of ether oxygens (including phenoxy) is 2. The van der Waals surface area contributed by atoms with Crippen LogP contribution in [0.4, 0.5) is 5.00 Å². The number of rotatable bonds is 7. The Morgan fingerprint density at radius 1 is 1.12 bits per heavy atom. The fraction of sp³-hybridized carbons (Fsp3) is 0.364. The minimum absolute atomic E-state index is 0.270. The Morgan fingerprint density at radius 3 is 2.58 bits per heavy atom. The maximum atomic E-state index is 12.7. The summed E-state index contributed by atoms with van der Waals surface area (Å²) in [7, 11) is 0. The first-order valence-corrected chi connectivity index (χ1v) is 11.4. The Hall–Kier alpha value is -3.60. The monoisotopic (exact) mass is 469 g/mol. The molecule has 1 aromatic carbocycles. The average molecular weight is 470 g/mol. The molecule has 11 heteroatoms. The van der Waals surface area contributed by atoms with Crippen LogP contribution in [0.2, 0.25) is 0 Å². The number of carbonyl (C=O) groups excluding carboxylic acids is 3. The van der Waals surface area contributed by atoms with Crippen molar-refractivity contribution in [2.24, 2.45) is 0 Å². The van der Waals surface area contributed by atoms with Gasteiger partial charge in [-0.3, -0.25) is 4.79 Å². The molecule has 0 atom stereocenters. The van der Waals surface area contributed by atoms with E-state index in [1.807, 2.05) is 0 Å². The number of nitrogens with one attached hydrogen (secondary N) is 1. The standard InChI is InChI=1S/C22H23N5O5S/c1-13(2)32-22(30)19-16-5-3-4-6-17(16)33-20(19)24-18(28)11-31-21(29)14-7-9-15(10-8-14)27-12-23-25-26-27/h7-10,12-13H,3-6,11H2,1-2H3,(H,24,28). The van der Waals surface area contributed by atoms with E-state index in [0.29, 0.717) is 16.3 Å². The molecule has 10 nitrogen and oxygen atoms in total. The highest BCUT2D eigenvalue weighted by molar-refractivity contribution is 7.17. The number of thiophene rings is 1. The number of fused-ring (bicyclic) bond motifs is 1. The van der Waals surface area contributed by atoms with Crippen LogP contribution >= 0.6 is 11.3 Å². The lowest BCUT2D eigenvalue weighted by molar-refractivity contribution is -0.119. The second-order valence-corrected chi connectivity index (χ2v) is 8.90. The van der Waals surface area contributed by atoms with E-state index < -0.39 is 24.5 Å². The molecule has 0 aliphatic heterocycles. The fourth-order valence-corrected chi connectivity index (χ4v) is 4.84. The molecule has 2 heterocycles. The van der Waals surface area contributed by atoms with Crippen molar-refractivity contribution in [3.05, 3.63) is 52.2 Å². The largest absolute Gasteiger partial charge is 0.459 e. The van der Waals surface area contributed by atoms with Crippen LogP contribution in [0.5, 0.6) is 0 Å². The van der Waals surface area contributed by atoms with E-state index in [-0.39, 0.29) is 11.7 Å². The van der Waals surface area contributed by atoms with Crippen molar-refractivity contribution in [3.63, 3.8) is 0 Å². The normalized spacial score (nSPS) is 12.8. The number of aryl methyl sites for hydroxylation is 1. The van der Waals surface area contributed by atoms with Crippen LogP contribution in [-0.4, -0.2) is 50.8 Å². The van der Waals surface area contributed by atoms with Crippen LogP contribution in [0.1, 0.15) is 57.8 Å². The molecule has 0 saturated heterocycles. The molecule has 2 aromatic heterocycles. The van der Waals surface area contributed by atoms with Crippen molar-refractivity contribution in [1.82, 2.24) is 20.2 Å². The Bertz CT molecular complexity index is 1150. The first-order chi connectivity index (χ1) is 15.9. The second-order valence-electron chi connectivity index (χ2n) is 7.79. The van der Waals surface area contributed by atoms with Crippen LogP contribution in [0.3, 0.4) is 0 Å². The molecule has 1 aliphatic rings. The highest BCUT2D eigenvalue weighted by Gasteiger charge is 2.28. The number of nitrogens with zero attached hydrogens (tertiary/aromatic N) is 4. The van der Waals surface area contributed by atoms with Crippen LogP contribution in [-0.2, 0) is 27.1 Å². The van der Waals surface area contributed by atoms with Crippen molar-refractivity contribution >= 4 is 34.2 Å². The number of tetrazole rings is 1. The number of aromatic nitrogens is 4. The molecular weight excluding hydrogens is 446 g/mol. The van der Waals surface area contributed by atoms with E-state index in [1.165, 1.54) is 22.3 Å². The quantitative estimate of drug-likeness (QED) is 0.524. The maximum absolute atomic E-state index is 12.7. The smallest absolute Gasteiger partial charge is 0.341 e. The minimum Gasteiger partial charge on any atom is -0.459 e. The van der Waals surface area contributed by atoms with Gasteiger partial charge in [-0.2, -0.15) is 0 Å². The average Bonchev–Trinajstić information content (AvgIpc) is 3.45. The van der Waals surface area contributed by atoms with Gasteiger partial charge in [-0.15, -0.1) is 16.4 Å². The van der Waals surface area contributed by atoms with Gasteiger partial charge in [-0.05, 0) is 79.8 Å². The highest BCUT2D eigenvalue weighted by atomic mass is 32.1. The zero-order chi connectivity index (χ0) is 23.4. The lowest BCUT2D eigenvalue weighted by atomic mass is 9.95. The lowest BCUT2D eigenvalue weighted by Crippen LogP contribution is -2.22. The number of hydrogen-bond donors (Lipinski definition) is 1. The molecule has 0 fully saturated rings.